The van der Waals surface area contributed by atoms with E-state index in [9.17, 15) is 8.42 Å². The molecule has 0 bridgehead atoms. The van der Waals surface area contributed by atoms with Crippen molar-refractivity contribution in [3.05, 3.63) is 17.0 Å². The number of thiophene rings is 1. The molecule has 7 heteroatoms. The van der Waals surface area contributed by atoms with E-state index in [-0.39, 0.29) is 6.04 Å². The van der Waals surface area contributed by atoms with Crippen molar-refractivity contribution >= 4 is 21.4 Å². The summed E-state index contributed by atoms with van der Waals surface area (Å²) in [5, 5.41) is 3.06. The lowest BCUT2D eigenvalue weighted by Gasteiger charge is -2.25. The number of ether oxygens (including phenoxy) is 1. The molecule has 5 nitrogen and oxygen atoms in total. The van der Waals surface area contributed by atoms with Crippen LogP contribution < -0.4 is 5.32 Å². The first kappa shape index (κ1) is 17.6. The molecule has 0 aliphatic rings. The van der Waals surface area contributed by atoms with E-state index >= 15 is 0 Å². The van der Waals surface area contributed by atoms with E-state index in [2.05, 4.69) is 5.32 Å². The molecular weight excluding hydrogens is 296 g/mol. The Hall–Kier alpha value is -0.470. The van der Waals surface area contributed by atoms with Crippen molar-refractivity contribution in [3.63, 3.8) is 0 Å². The normalized spacial score (nSPS) is 13.8. The number of hydrogen-bond acceptors (Lipinski definition) is 5. The highest BCUT2D eigenvalue weighted by atomic mass is 32.2. The van der Waals surface area contributed by atoms with E-state index in [1.54, 1.807) is 13.2 Å². The number of methoxy groups -OCH3 is 1. The zero-order valence-electron chi connectivity index (χ0n) is 12.5. The molecule has 0 saturated carbocycles. The van der Waals surface area contributed by atoms with Crippen molar-refractivity contribution in [1.29, 1.82) is 0 Å². The van der Waals surface area contributed by atoms with Crippen LogP contribution in [0.25, 0.3) is 0 Å². The minimum Gasteiger partial charge on any atom is -0.383 e. The first-order valence-electron chi connectivity index (χ1n) is 6.71. The van der Waals surface area contributed by atoms with Crippen LogP contribution in [0.3, 0.4) is 0 Å². The Balaban J connectivity index is 2.93. The summed E-state index contributed by atoms with van der Waals surface area (Å²) in [5.41, 5.74) is 0. The van der Waals surface area contributed by atoms with Crippen LogP contribution in [0.15, 0.2) is 16.3 Å². The third kappa shape index (κ3) is 4.26. The third-order valence-corrected chi connectivity index (χ3v) is 6.73. The van der Waals surface area contributed by atoms with Crippen LogP contribution >= 0.6 is 11.3 Å². The Kier molecular flexibility index (Phi) is 7.11. The summed E-state index contributed by atoms with van der Waals surface area (Å²) in [7, 11) is 0.0414. The maximum absolute atomic E-state index is 12.6. The van der Waals surface area contributed by atoms with Gasteiger partial charge in [-0.25, -0.2) is 8.42 Å². The summed E-state index contributed by atoms with van der Waals surface area (Å²) in [6, 6.07) is 3.43. The van der Waals surface area contributed by atoms with Gasteiger partial charge in [-0.05, 0) is 39.1 Å². The summed E-state index contributed by atoms with van der Waals surface area (Å²) in [6.45, 7) is 5.39. The molecule has 0 fully saturated rings. The van der Waals surface area contributed by atoms with Crippen LogP contribution in [-0.2, 0) is 21.2 Å². The van der Waals surface area contributed by atoms with E-state index in [4.69, 9.17) is 4.74 Å². The van der Waals surface area contributed by atoms with Gasteiger partial charge in [0, 0.05) is 24.6 Å². The zero-order valence-corrected chi connectivity index (χ0v) is 14.2. The fraction of sp³-hybridized carbons (Fsp3) is 0.692. The monoisotopic (exact) mass is 320 g/mol. The molecule has 1 heterocycles. The fourth-order valence-corrected chi connectivity index (χ4v) is 5.15. The van der Waals surface area contributed by atoms with Crippen LogP contribution in [0.1, 0.15) is 18.7 Å². The molecule has 0 aromatic carbocycles. The van der Waals surface area contributed by atoms with Crippen molar-refractivity contribution in [2.24, 2.45) is 0 Å². The zero-order chi connectivity index (χ0) is 15.2. The molecule has 1 atom stereocenters. The van der Waals surface area contributed by atoms with Crippen molar-refractivity contribution in [1.82, 2.24) is 9.62 Å². The quantitative estimate of drug-likeness (QED) is 0.750. The van der Waals surface area contributed by atoms with E-state index in [0.29, 0.717) is 17.4 Å². The number of likely N-dealkylation sites (N-methyl/N-ethyl adjacent to an activating group) is 2. The maximum atomic E-state index is 12.6. The van der Waals surface area contributed by atoms with Crippen molar-refractivity contribution < 1.29 is 13.2 Å². The predicted molar refractivity (Wildman–Crippen MR) is 82.9 cm³/mol. The van der Waals surface area contributed by atoms with Gasteiger partial charge in [0.1, 0.15) is 4.21 Å². The van der Waals surface area contributed by atoms with Gasteiger partial charge in [0.15, 0.2) is 0 Å². The molecule has 1 N–H and O–H groups in total. The molecule has 0 spiro atoms. The Labute approximate surface area is 126 Å². The standard InChI is InChI=1S/C13H24N2O3S2/c1-5-15(11(2)10-18-4)20(16,17)13-7-6-12(19-13)8-9-14-3/h6-7,11,14H,5,8-10H2,1-4H3. The summed E-state index contributed by atoms with van der Waals surface area (Å²) >= 11 is 1.35. The maximum Gasteiger partial charge on any atom is 0.252 e. The van der Waals surface area contributed by atoms with Crippen LogP contribution in [0.5, 0.6) is 0 Å². The summed E-state index contributed by atoms with van der Waals surface area (Å²) < 4.78 is 32.2. The number of rotatable bonds is 9. The predicted octanol–water partition coefficient (Wildman–Crippen LogP) is 1.56. The number of nitrogens with one attached hydrogen (secondary N) is 1. The molecule has 1 aromatic heterocycles. The van der Waals surface area contributed by atoms with Crippen molar-refractivity contribution in [2.45, 2.75) is 30.5 Å². The molecular formula is C13H24N2O3S2. The molecule has 0 saturated heterocycles. The van der Waals surface area contributed by atoms with Gasteiger partial charge in [-0.1, -0.05) is 6.92 Å². The molecule has 0 aliphatic heterocycles. The van der Waals surface area contributed by atoms with Crippen LogP contribution in [-0.4, -0.2) is 52.6 Å². The summed E-state index contributed by atoms with van der Waals surface area (Å²) in [6.07, 6.45) is 0.844. The molecule has 0 amide bonds. The van der Waals surface area contributed by atoms with Gasteiger partial charge in [0.2, 0.25) is 0 Å². The number of sulfonamides is 1. The largest absolute Gasteiger partial charge is 0.383 e. The molecule has 1 aromatic rings. The Morgan fingerprint density at radius 2 is 2.15 bits per heavy atom. The van der Waals surface area contributed by atoms with Gasteiger partial charge in [0.25, 0.3) is 10.0 Å². The Bertz CT molecular complexity index is 499. The molecule has 1 unspecified atom stereocenters. The first-order chi connectivity index (χ1) is 9.47. The van der Waals surface area contributed by atoms with Gasteiger partial charge in [-0.15, -0.1) is 11.3 Å². The van der Waals surface area contributed by atoms with Crippen LogP contribution in [0.2, 0.25) is 0 Å². The van der Waals surface area contributed by atoms with E-state index < -0.39 is 10.0 Å². The fourth-order valence-electron chi connectivity index (χ4n) is 2.04. The lowest BCUT2D eigenvalue weighted by Crippen LogP contribution is -2.40. The highest BCUT2D eigenvalue weighted by Crippen LogP contribution is 2.26. The van der Waals surface area contributed by atoms with Gasteiger partial charge in [-0.2, -0.15) is 4.31 Å². The average molecular weight is 320 g/mol. The smallest absolute Gasteiger partial charge is 0.252 e. The molecule has 0 radical (unpaired) electrons. The van der Waals surface area contributed by atoms with Crippen molar-refractivity contribution in [3.8, 4) is 0 Å². The van der Waals surface area contributed by atoms with E-state index in [1.807, 2.05) is 27.0 Å². The van der Waals surface area contributed by atoms with E-state index in [0.717, 1.165) is 17.8 Å². The molecule has 1 rings (SSSR count). The lowest BCUT2D eigenvalue weighted by atomic mass is 10.3. The highest BCUT2D eigenvalue weighted by molar-refractivity contribution is 7.91. The SMILES string of the molecule is CCN(C(C)COC)S(=O)(=O)c1ccc(CCNC)s1. The third-order valence-electron chi connectivity index (χ3n) is 3.03. The molecule has 20 heavy (non-hydrogen) atoms. The van der Waals surface area contributed by atoms with Gasteiger partial charge >= 0.3 is 0 Å². The van der Waals surface area contributed by atoms with Gasteiger partial charge in [-0.3, -0.25) is 0 Å². The first-order valence-corrected chi connectivity index (χ1v) is 8.97. The molecule has 0 aliphatic carbocycles. The summed E-state index contributed by atoms with van der Waals surface area (Å²) in [4.78, 5) is 1.08. The van der Waals surface area contributed by atoms with Gasteiger partial charge in [0.05, 0.1) is 6.61 Å². The molecule has 116 valence electrons. The minimum absolute atomic E-state index is 0.169. The van der Waals surface area contributed by atoms with Gasteiger partial charge < -0.3 is 10.1 Å². The van der Waals surface area contributed by atoms with Crippen LogP contribution in [0, 0.1) is 0 Å². The van der Waals surface area contributed by atoms with E-state index in [1.165, 1.54) is 15.6 Å². The minimum atomic E-state index is -3.43. The highest BCUT2D eigenvalue weighted by Gasteiger charge is 2.28. The second-order valence-corrected chi connectivity index (χ2v) is 7.87. The number of nitrogens with zero attached hydrogens (tertiary/aromatic N) is 1. The lowest BCUT2D eigenvalue weighted by molar-refractivity contribution is 0.143. The van der Waals surface area contributed by atoms with Crippen LogP contribution in [0.4, 0.5) is 0 Å². The Morgan fingerprint density at radius 1 is 1.45 bits per heavy atom. The number of hydrogen-bond donors (Lipinski definition) is 1. The average Bonchev–Trinajstić information content (AvgIpc) is 2.86. The second-order valence-electron chi connectivity index (χ2n) is 4.59. The Morgan fingerprint density at radius 3 is 2.70 bits per heavy atom. The van der Waals surface area contributed by atoms with Crippen molar-refractivity contribution in [2.75, 3.05) is 33.9 Å². The topological polar surface area (TPSA) is 58.6 Å². The second kappa shape index (κ2) is 8.09. The summed E-state index contributed by atoms with van der Waals surface area (Å²) in [5.74, 6) is 0.